The van der Waals surface area contributed by atoms with E-state index in [-0.39, 0.29) is 11.1 Å². The van der Waals surface area contributed by atoms with Crippen molar-refractivity contribution in [3.05, 3.63) is 29.8 Å². The van der Waals surface area contributed by atoms with E-state index in [1.807, 2.05) is 13.8 Å². The molecule has 0 heterocycles. The second-order valence-electron chi connectivity index (χ2n) is 4.35. The third kappa shape index (κ3) is 3.47. The largest absolute Gasteiger partial charge is 0.382 e. The van der Waals surface area contributed by atoms with Crippen molar-refractivity contribution in [1.82, 2.24) is 0 Å². The first-order chi connectivity index (χ1) is 6.94. The zero-order chi connectivity index (χ0) is 11.5. The quantitative estimate of drug-likeness (QED) is 0.807. The summed E-state index contributed by atoms with van der Waals surface area (Å²) < 4.78 is 26.0. The average Bonchev–Trinajstić information content (AvgIpc) is 2.20. The molecule has 3 N–H and O–H groups in total. The number of hydrogen-bond donors (Lipinski definition) is 2. The monoisotopic (exact) mass is 214 g/mol. The Labute approximate surface area is 88.5 Å². The predicted molar refractivity (Wildman–Crippen MR) is 57.7 cm³/mol. The molecule has 1 aromatic rings. The Kier molecular flexibility index (Phi) is 3.63. The Hall–Kier alpha value is -1.16. The van der Waals surface area contributed by atoms with E-state index in [1.54, 1.807) is 0 Å². The summed E-state index contributed by atoms with van der Waals surface area (Å²) in [5.41, 5.74) is 5.57. The lowest BCUT2D eigenvalue weighted by atomic mass is 9.94. The minimum Gasteiger partial charge on any atom is -0.382 e. The van der Waals surface area contributed by atoms with E-state index in [0.717, 1.165) is 18.2 Å². The van der Waals surface area contributed by atoms with E-state index in [0.29, 0.717) is 13.1 Å². The molecule has 0 bridgehead atoms. The molecular weight excluding hydrogens is 198 g/mol. The summed E-state index contributed by atoms with van der Waals surface area (Å²) in [4.78, 5) is 0. The highest BCUT2D eigenvalue weighted by atomic mass is 19.1. The molecule has 0 fully saturated rings. The normalized spacial score (nSPS) is 11.5. The summed E-state index contributed by atoms with van der Waals surface area (Å²) in [6, 6.07) is 3.34. The van der Waals surface area contributed by atoms with E-state index in [4.69, 9.17) is 5.73 Å². The molecule has 0 aliphatic rings. The molecule has 0 spiro atoms. The molecule has 2 nitrogen and oxygen atoms in total. The Bertz CT molecular complexity index is 337. The highest BCUT2D eigenvalue weighted by Gasteiger charge is 2.15. The van der Waals surface area contributed by atoms with Gasteiger partial charge < -0.3 is 11.1 Å². The van der Waals surface area contributed by atoms with Gasteiger partial charge in [0.05, 0.1) is 5.69 Å². The van der Waals surface area contributed by atoms with Crippen LogP contribution >= 0.6 is 0 Å². The van der Waals surface area contributed by atoms with Gasteiger partial charge in [-0.1, -0.05) is 13.8 Å². The Morgan fingerprint density at radius 3 is 2.60 bits per heavy atom. The second-order valence-corrected chi connectivity index (χ2v) is 4.35. The third-order valence-corrected chi connectivity index (χ3v) is 2.24. The van der Waals surface area contributed by atoms with Crippen LogP contribution in [0, 0.1) is 17.0 Å². The van der Waals surface area contributed by atoms with Gasteiger partial charge in [-0.15, -0.1) is 0 Å². The van der Waals surface area contributed by atoms with Crippen LogP contribution in [0.1, 0.15) is 13.8 Å². The van der Waals surface area contributed by atoms with Crippen molar-refractivity contribution in [2.45, 2.75) is 13.8 Å². The molecule has 4 heteroatoms. The van der Waals surface area contributed by atoms with Gasteiger partial charge in [0.2, 0.25) is 0 Å². The van der Waals surface area contributed by atoms with Gasteiger partial charge in [-0.05, 0) is 30.2 Å². The van der Waals surface area contributed by atoms with Crippen molar-refractivity contribution in [3.8, 4) is 0 Å². The zero-order valence-corrected chi connectivity index (χ0v) is 8.98. The van der Waals surface area contributed by atoms with Crippen molar-refractivity contribution < 1.29 is 8.78 Å². The summed E-state index contributed by atoms with van der Waals surface area (Å²) in [6.07, 6.45) is 0. The van der Waals surface area contributed by atoms with E-state index in [1.165, 1.54) is 0 Å². The van der Waals surface area contributed by atoms with Crippen molar-refractivity contribution in [1.29, 1.82) is 0 Å². The Morgan fingerprint density at radius 1 is 1.33 bits per heavy atom. The van der Waals surface area contributed by atoms with E-state index < -0.39 is 11.6 Å². The maximum atomic E-state index is 13.2. The molecule has 0 atom stereocenters. The molecule has 0 aliphatic heterocycles. The first-order valence-electron chi connectivity index (χ1n) is 4.83. The van der Waals surface area contributed by atoms with Crippen LogP contribution < -0.4 is 11.1 Å². The van der Waals surface area contributed by atoms with E-state index in [2.05, 4.69) is 5.32 Å². The number of nitrogens with two attached hydrogens (primary N) is 1. The maximum Gasteiger partial charge on any atom is 0.146 e. The van der Waals surface area contributed by atoms with Crippen LogP contribution in [0.5, 0.6) is 0 Å². The van der Waals surface area contributed by atoms with Gasteiger partial charge in [0.15, 0.2) is 0 Å². The SMILES string of the molecule is CC(C)(CN)CNc1cc(F)ccc1F. The van der Waals surface area contributed by atoms with Gasteiger partial charge in [-0.3, -0.25) is 0 Å². The van der Waals surface area contributed by atoms with Gasteiger partial charge in [0.1, 0.15) is 11.6 Å². The molecule has 0 unspecified atom stereocenters. The lowest BCUT2D eigenvalue weighted by Crippen LogP contribution is -2.31. The number of rotatable bonds is 4. The fourth-order valence-electron chi connectivity index (χ4n) is 1.04. The zero-order valence-electron chi connectivity index (χ0n) is 8.98. The topological polar surface area (TPSA) is 38.0 Å². The second kappa shape index (κ2) is 4.57. The minimum atomic E-state index is -0.454. The highest BCUT2D eigenvalue weighted by molar-refractivity contribution is 5.45. The van der Waals surface area contributed by atoms with Crippen LogP contribution in [0.4, 0.5) is 14.5 Å². The molecule has 0 aliphatic carbocycles. The average molecular weight is 214 g/mol. The van der Waals surface area contributed by atoms with Gasteiger partial charge in [0, 0.05) is 6.54 Å². The fourth-order valence-corrected chi connectivity index (χ4v) is 1.04. The molecular formula is C11H16F2N2. The van der Waals surface area contributed by atoms with E-state index in [9.17, 15) is 8.78 Å². The molecule has 0 aromatic heterocycles. The summed E-state index contributed by atoms with van der Waals surface area (Å²) in [7, 11) is 0. The third-order valence-electron chi connectivity index (χ3n) is 2.24. The smallest absolute Gasteiger partial charge is 0.146 e. The number of benzene rings is 1. The number of nitrogens with one attached hydrogen (secondary N) is 1. The highest BCUT2D eigenvalue weighted by Crippen LogP contribution is 2.18. The summed E-state index contributed by atoms with van der Waals surface area (Å²) >= 11 is 0. The molecule has 1 aromatic carbocycles. The first-order valence-corrected chi connectivity index (χ1v) is 4.83. The van der Waals surface area contributed by atoms with Gasteiger partial charge in [0.25, 0.3) is 0 Å². The van der Waals surface area contributed by atoms with Crippen molar-refractivity contribution >= 4 is 5.69 Å². The van der Waals surface area contributed by atoms with Gasteiger partial charge >= 0.3 is 0 Å². The van der Waals surface area contributed by atoms with Crippen LogP contribution in [0.25, 0.3) is 0 Å². The number of hydrogen-bond acceptors (Lipinski definition) is 2. The molecule has 1 rings (SSSR count). The van der Waals surface area contributed by atoms with Crippen LogP contribution in [-0.2, 0) is 0 Å². The summed E-state index contributed by atoms with van der Waals surface area (Å²) in [5.74, 6) is -0.909. The van der Waals surface area contributed by atoms with Crippen LogP contribution in [-0.4, -0.2) is 13.1 Å². The molecule has 0 amide bonds. The van der Waals surface area contributed by atoms with Crippen LogP contribution in [0.3, 0.4) is 0 Å². The molecule has 0 saturated heterocycles. The van der Waals surface area contributed by atoms with Crippen LogP contribution in [0.2, 0.25) is 0 Å². The van der Waals surface area contributed by atoms with Crippen molar-refractivity contribution in [2.24, 2.45) is 11.1 Å². The molecule has 84 valence electrons. The van der Waals surface area contributed by atoms with Gasteiger partial charge in [-0.25, -0.2) is 8.78 Å². The van der Waals surface area contributed by atoms with Crippen molar-refractivity contribution in [3.63, 3.8) is 0 Å². The van der Waals surface area contributed by atoms with Crippen LogP contribution in [0.15, 0.2) is 18.2 Å². The van der Waals surface area contributed by atoms with Gasteiger partial charge in [-0.2, -0.15) is 0 Å². The molecule has 0 saturated carbocycles. The maximum absolute atomic E-state index is 13.2. The number of halogens is 2. The Morgan fingerprint density at radius 2 is 2.00 bits per heavy atom. The predicted octanol–water partition coefficient (Wildman–Crippen LogP) is 2.36. The number of anilines is 1. The van der Waals surface area contributed by atoms with E-state index >= 15 is 0 Å². The standard InChI is InChI=1S/C11H16F2N2/c1-11(2,6-14)7-15-10-5-8(12)3-4-9(10)13/h3-5,15H,6-7,14H2,1-2H3. The molecule has 0 radical (unpaired) electrons. The first kappa shape index (κ1) is 11.9. The summed E-state index contributed by atoms with van der Waals surface area (Å²) in [5, 5.41) is 2.85. The lowest BCUT2D eigenvalue weighted by molar-refractivity contribution is 0.404. The molecule has 15 heavy (non-hydrogen) atoms. The minimum absolute atomic E-state index is 0.140. The lowest BCUT2D eigenvalue weighted by Gasteiger charge is -2.23. The Balaban J connectivity index is 2.69. The fraction of sp³-hybridized carbons (Fsp3) is 0.455. The summed E-state index contributed by atoms with van der Waals surface area (Å²) in [6.45, 7) is 4.90. The van der Waals surface area contributed by atoms with Crippen molar-refractivity contribution in [2.75, 3.05) is 18.4 Å².